The summed E-state index contributed by atoms with van der Waals surface area (Å²) in [4.78, 5) is 12.8. The van der Waals surface area contributed by atoms with E-state index in [-0.39, 0.29) is 0 Å². The molecule has 4 N–H and O–H groups in total. The largest absolute Gasteiger partial charge is 0.394 e. The van der Waals surface area contributed by atoms with E-state index in [9.17, 15) is 15.3 Å². The van der Waals surface area contributed by atoms with Crippen LogP contribution in [0.3, 0.4) is 0 Å². The minimum Gasteiger partial charge on any atom is -0.394 e. The lowest BCUT2D eigenvalue weighted by molar-refractivity contribution is -0.0511. The first-order valence-corrected chi connectivity index (χ1v) is 9.16. The third kappa shape index (κ3) is 3.42. The van der Waals surface area contributed by atoms with Gasteiger partial charge in [-0.2, -0.15) is 0 Å². The summed E-state index contributed by atoms with van der Waals surface area (Å²) in [5.41, 5.74) is 2.05. The summed E-state index contributed by atoms with van der Waals surface area (Å²) in [6, 6.07) is 7.91. The fourth-order valence-corrected chi connectivity index (χ4v) is 3.33. The topological polar surface area (TPSA) is 126 Å². The van der Waals surface area contributed by atoms with Crippen molar-refractivity contribution in [1.29, 1.82) is 0 Å². The molecule has 0 saturated carbocycles. The summed E-state index contributed by atoms with van der Waals surface area (Å²) in [6.07, 6.45) is -1.27. The molecule has 0 amide bonds. The number of fused-ring (bicyclic) bond motifs is 1. The van der Waals surface area contributed by atoms with Crippen LogP contribution in [0.5, 0.6) is 0 Å². The van der Waals surface area contributed by atoms with Crippen LogP contribution in [0, 0.1) is 0 Å². The molecule has 1 unspecified atom stereocenters. The zero-order chi connectivity index (χ0) is 19.0. The van der Waals surface area contributed by atoms with Crippen molar-refractivity contribution in [1.82, 2.24) is 19.5 Å². The normalized spacial score (nSPS) is 25.2. The van der Waals surface area contributed by atoms with Gasteiger partial charge in [0.2, 0.25) is 0 Å². The van der Waals surface area contributed by atoms with Crippen LogP contribution < -0.4 is 5.32 Å². The molecule has 1 saturated heterocycles. The van der Waals surface area contributed by atoms with Crippen molar-refractivity contribution in [2.24, 2.45) is 0 Å². The van der Waals surface area contributed by atoms with Gasteiger partial charge in [0, 0.05) is 11.0 Å². The molecule has 1 aliphatic rings. The van der Waals surface area contributed by atoms with Gasteiger partial charge >= 0.3 is 0 Å². The number of hydrogen-bond donors (Lipinski definition) is 4. The molecule has 3 aromatic rings. The Kier molecular flexibility index (Phi) is 5.06. The fourth-order valence-electron chi connectivity index (χ4n) is 3.07. The Balaban J connectivity index is 1.59. The number of anilines is 1. The van der Waals surface area contributed by atoms with E-state index in [0.717, 1.165) is 10.0 Å². The predicted octanol–water partition coefficient (Wildman–Crippen LogP) is 0.812. The smallest absolute Gasteiger partial charge is 0.167 e. The van der Waals surface area contributed by atoms with E-state index in [1.165, 1.54) is 17.2 Å². The van der Waals surface area contributed by atoms with Crippen LogP contribution >= 0.6 is 15.9 Å². The van der Waals surface area contributed by atoms with Crippen LogP contribution in [0.2, 0.25) is 0 Å². The third-order valence-electron chi connectivity index (χ3n) is 4.52. The minimum absolute atomic E-state index is 0.393. The average Bonchev–Trinajstić information content (AvgIpc) is 3.23. The summed E-state index contributed by atoms with van der Waals surface area (Å²) in [5, 5.41) is 32.7. The first-order valence-electron chi connectivity index (χ1n) is 8.37. The summed E-state index contributed by atoms with van der Waals surface area (Å²) in [6.45, 7) is 0.163. The molecular weight excluding hydrogens is 418 g/mol. The highest BCUT2D eigenvalue weighted by molar-refractivity contribution is 9.10. The molecule has 0 radical (unpaired) electrons. The monoisotopic (exact) mass is 435 g/mol. The van der Waals surface area contributed by atoms with Crippen LogP contribution in [0.4, 0.5) is 5.82 Å². The predicted molar refractivity (Wildman–Crippen MR) is 99.8 cm³/mol. The van der Waals surface area contributed by atoms with Gasteiger partial charge in [-0.3, -0.25) is 4.57 Å². The molecule has 3 heterocycles. The Bertz CT molecular complexity index is 935. The number of aliphatic hydroxyl groups is 3. The number of ether oxygens (including phenoxy) is 1. The Morgan fingerprint density at radius 3 is 2.59 bits per heavy atom. The van der Waals surface area contributed by atoms with Gasteiger partial charge in [0.05, 0.1) is 12.9 Å². The van der Waals surface area contributed by atoms with Gasteiger partial charge in [-0.05, 0) is 17.7 Å². The number of rotatable bonds is 5. The lowest BCUT2D eigenvalue weighted by atomic mass is 10.1. The van der Waals surface area contributed by atoms with Crippen molar-refractivity contribution < 1.29 is 20.1 Å². The highest BCUT2D eigenvalue weighted by Crippen LogP contribution is 2.32. The zero-order valence-electron chi connectivity index (χ0n) is 14.1. The van der Waals surface area contributed by atoms with Gasteiger partial charge in [-0.1, -0.05) is 28.1 Å². The Hall–Kier alpha value is -2.11. The molecule has 4 atom stereocenters. The number of nitrogens with zero attached hydrogens (tertiary/aromatic N) is 4. The van der Waals surface area contributed by atoms with Crippen molar-refractivity contribution in [3.63, 3.8) is 0 Å². The first kappa shape index (κ1) is 18.3. The van der Waals surface area contributed by atoms with Crippen LogP contribution in [0.25, 0.3) is 11.2 Å². The average molecular weight is 436 g/mol. The molecule has 0 aliphatic carbocycles. The van der Waals surface area contributed by atoms with E-state index in [2.05, 4.69) is 36.2 Å². The van der Waals surface area contributed by atoms with Crippen molar-refractivity contribution in [3.8, 4) is 0 Å². The van der Waals surface area contributed by atoms with Crippen molar-refractivity contribution >= 4 is 32.9 Å². The van der Waals surface area contributed by atoms with Gasteiger partial charge in [0.15, 0.2) is 23.2 Å². The quantitative estimate of drug-likeness (QED) is 0.463. The number of aromatic nitrogens is 4. The molecule has 4 rings (SSSR count). The summed E-state index contributed by atoms with van der Waals surface area (Å²) < 4.78 is 8.10. The number of halogens is 1. The van der Waals surface area contributed by atoms with E-state index < -0.39 is 31.1 Å². The van der Waals surface area contributed by atoms with Gasteiger partial charge < -0.3 is 25.4 Å². The maximum absolute atomic E-state index is 10.2. The second-order valence-electron chi connectivity index (χ2n) is 6.26. The van der Waals surface area contributed by atoms with Gasteiger partial charge in [0.25, 0.3) is 0 Å². The van der Waals surface area contributed by atoms with Crippen LogP contribution in [0.1, 0.15) is 11.8 Å². The number of imidazole rings is 1. The molecule has 1 fully saturated rings. The van der Waals surface area contributed by atoms with E-state index >= 15 is 0 Å². The first-order chi connectivity index (χ1) is 13.1. The number of benzene rings is 1. The van der Waals surface area contributed by atoms with Crippen LogP contribution in [-0.2, 0) is 11.3 Å². The molecule has 2 aromatic heterocycles. The maximum atomic E-state index is 10.2. The zero-order valence-corrected chi connectivity index (χ0v) is 15.7. The van der Waals surface area contributed by atoms with Gasteiger partial charge in [-0.15, -0.1) is 0 Å². The Morgan fingerprint density at radius 2 is 1.89 bits per heavy atom. The Labute approximate surface area is 162 Å². The van der Waals surface area contributed by atoms with Crippen molar-refractivity contribution in [3.05, 3.63) is 47.0 Å². The van der Waals surface area contributed by atoms with Crippen molar-refractivity contribution in [2.75, 3.05) is 11.9 Å². The molecule has 1 aromatic carbocycles. The van der Waals surface area contributed by atoms with E-state index in [0.29, 0.717) is 23.5 Å². The van der Waals surface area contributed by atoms with E-state index in [1.54, 1.807) is 0 Å². The maximum Gasteiger partial charge on any atom is 0.167 e. The van der Waals surface area contributed by atoms with Gasteiger partial charge in [0.1, 0.15) is 24.6 Å². The van der Waals surface area contributed by atoms with Crippen LogP contribution in [0.15, 0.2) is 41.4 Å². The number of hydrogen-bond acceptors (Lipinski definition) is 8. The Morgan fingerprint density at radius 1 is 1.11 bits per heavy atom. The third-order valence-corrected chi connectivity index (χ3v) is 5.05. The highest BCUT2D eigenvalue weighted by atomic mass is 79.9. The van der Waals surface area contributed by atoms with E-state index in [4.69, 9.17) is 4.74 Å². The molecule has 10 heteroatoms. The highest BCUT2D eigenvalue weighted by Gasteiger charge is 2.44. The summed E-state index contributed by atoms with van der Waals surface area (Å²) >= 11 is 3.41. The van der Waals surface area contributed by atoms with Gasteiger partial charge in [-0.25, -0.2) is 15.0 Å². The SMILES string of the molecule is OC[C@H]1OC(n2cnc3c(NCc4ccc(Br)cc4)ncnc32)[C@@H](O)[C@@H]1O. The lowest BCUT2D eigenvalue weighted by Crippen LogP contribution is -2.33. The summed E-state index contributed by atoms with van der Waals surface area (Å²) in [7, 11) is 0. The second-order valence-corrected chi connectivity index (χ2v) is 7.17. The lowest BCUT2D eigenvalue weighted by Gasteiger charge is -2.16. The number of nitrogens with one attached hydrogen (secondary N) is 1. The summed E-state index contributed by atoms with van der Waals surface area (Å²) in [5.74, 6) is 0.549. The molecule has 9 nitrogen and oxygen atoms in total. The minimum atomic E-state index is -1.20. The molecule has 0 spiro atoms. The molecule has 0 bridgehead atoms. The molecule has 27 heavy (non-hydrogen) atoms. The molecule has 142 valence electrons. The second kappa shape index (κ2) is 7.49. The molecular formula is C17H18BrN5O4. The molecule has 1 aliphatic heterocycles. The standard InChI is InChI=1S/C17H18BrN5O4/c18-10-3-1-9(2-4-10)5-19-15-12-16(21-7-20-15)23(8-22-12)17-14(26)13(25)11(6-24)27-17/h1-4,7-8,11,13-14,17,24-26H,5-6H2,(H,19,20,21)/t11-,13-,14+,17?/m1/s1. The van der Waals surface area contributed by atoms with Crippen LogP contribution in [-0.4, -0.2) is 59.8 Å². The van der Waals surface area contributed by atoms with Crippen molar-refractivity contribution in [2.45, 2.75) is 31.1 Å². The van der Waals surface area contributed by atoms with E-state index in [1.807, 2.05) is 24.3 Å². The number of aliphatic hydroxyl groups excluding tert-OH is 3. The fraction of sp³-hybridized carbons (Fsp3) is 0.353.